The standard InChI is InChI=1S/C22H22N4O5/c27-21(25-31-22-3-1-2-12-30-22)11-8-15-4-6-16(7-5-15)13-20-23-18-10-9-17(26(28)29)14-19(18)24-20/h4-11,14,22H,1-3,12-13H2,(H,23,24)(H,25,27)/b11-8+. The number of aromatic amines is 1. The van der Waals surface area contributed by atoms with E-state index in [0.29, 0.717) is 24.1 Å². The van der Waals surface area contributed by atoms with Crippen LogP contribution in [0.25, 0.3) is 17.1 Å². The van der Waals surface area contributed by atoms with Crippen LogP contribution in [0.3, 0.4) is 0 Å². The van der Waals surface area contributed by atoms with Crippen LogP contribution in [0, 0.1) is 10.1 Å². The van der Waals surface area contributed by atoms with E-state index in [-0.39, 0.29) is 17.9 Å². The lowest BCUT2D eigenvalue weighted by molar-refractivity contribution is -0.384. The SMILES string of the molecule is O=C(/C=C/c1ccc(Cc2nc3ccc([N+](=O)[O-])cc3[nH]2)cc1)NOC1CCCCO1. The van der Waals surface area contributed by atoms with E-state index in [9.17, 15) is 14.9 Å². The largest absolute Gasteiger partial charge is 0.350 e. The molecule has 31 heavy (non-hydrogen) atoms. The molecule has 0 spiro atoms. The van der Waals surface area contributed by atoms with Crippen molar-refractivity contribution in [1.29, 1.82) is 0 Å². The maximum Gasteiger partial charge on any atom is 0.271 e. The van der Waals surface area contributed by atoms with Crippen LogP contribution in [0.2, 0.25) is 0 Å². The number of nitrogens with one attached hydrogen (secondary N) is 2. The number of ether oxygens (including phenoxy) is 1. The maximum absolute atomic E-state index is 11.9. The predicted octanol–water partition coefficient (Wildman–Crippen LogP) is 3.65. The molecule has 2 aromatic carbocycles. The molecule has 1 unspecified atom stereocenters. The van der Waals surface area contributed by atoms with E-state index >= 15 is 0 Å². The number of carbonyl (C=O) groups excluding carboxylic acids is 1. The van der Waals surface area contributed by atoms with Crippen LogP contribution in [0.4, 0.5) is 5.69 Å². The van der Waals surface area contributed by atoms with Gasteiger partial charge in [-0.1, -0.05) is 24.3 Å². The molecule has 1 aliphatic heterocycles. The highest BCUT2D eigenvalue weighted by Gasteiger charge is 2.15. The van der Waals surface area contributed by atoms with Crippen LogP contribution < -0.4 is 5.48 Å². The van der Waals surface area contributed by atoms with Gasteiger partial charge in [-0.25, -0.2) is 15.3 Å². The van der Waals surface area contributed by atoms with Crippen molar-refractivity contribution in [3.63, 3.8) is 0 Å². The number of hydrogen-bond donors (Lipinski definition) is 2. The Kier molecular flexibility index (Phi) is 6.34. The molecular formula is C22H22N4O5. The zero-order valence-corrected chi connectivity index (χ0v) is 16.7. The highest BCUT2D eigenvalue weighted by Crippen LogP contribution is 2.20. The van der Waals surface area contributed by atoms with Crippen molar-refractivity contribution in [3.05, 3.63) is 75.6 Å². The first-order valence-corrected chi connectivity index (χ1v) is 10.0. The molecule has 9 heteroatoms. The number of imidazole rings is 1. The van der Waals surface area contributed by atoms with Crippen molar-refractivity contribution in [2.75, 3.05) is 6.61 Å². The Morgan fingerprint density at radius 3 is 2.87 bits per heavy atom. The Labute approximate surface area is 178 Å². The lowest BCUT2D eigenvalue weighted by atomic mass is 10.1. The summed E-state index contributed by atoms with van der Waals surface area (Å²) in [5, 5.41) is 10.9. The van der Waals surface area contributed by atoms with E-state index in [0.717, 1.165) is 36.2 Å². The molecule has 4 rings (SSSR count). The van der Waals surface area contributed by atoms with Gasteiger partial charge in [-0.15, -0.1) is 0 Å². The molecule has 1 amide bonds. The second-order valence-corrected chi connectivity index (χ2v) is 7.27. The number of amides is 1. The van der Waals surface area contributed by atoms with Crippen LogP contribution in [0.15, 0.2) is 48.5 Å². The predicted molar refractivity (Wildman–Crippen MR) is 114 cm³/mol. The smallest absolute Gasteiger partial charge is 0.271 e. The summed E-state index contributed by atoms with van der Waals surface area (Å²) < 4.78 is 5.39. The average molecular weight is 422 g/mol. The number of hydroxylamine groups is 1. The lowest BCUT2D eigenvalue weighted by Crippen LogP contribution is -2.32. The molecule has 3 aromatic rings. The van der Waals surface area contributed by atoms with Gasteiger partial charge in [0.15, 0.2) is 6.29 Å². The van der Waals surface area contributed by atoms with Gasteiger partial charge in [0.05, 0.1) is 16.0 Å². The molecule has 0 bridgehead atoms. The Morgan fingerprint density at radius 2 is 2.13 bits per heavy atom. The molecule has 0 aliphatic carbocycles. The molecule has 1 fully saturated rings. The van der Waals surface area contributed by atoms with Gasteiger partial charge >= 0.3 is 0 Å². The van der Waals surface area contributed by atoms with Crippen molar-refractivity contribution in [1.82, 2.24) is 15.4 Å². The number of nitro benzene ring substituents is 1. The number of non-ortho nitro benzene ring substituents is 1. The Hall–Kier alpha value is -3.56. The van der Waals surface area contributed by atoms with Crippen molar-refractivity contribution in [3.8, 4) is 0 Å². The molecule has 9 nitrogen and oxygen atoms in total. The third-order valence-corrected chi connectivity index (χ3v) is 4.93. The van der Waals surface area contributed by atoms with Crippen molar-refractivity contribution >= 4 is 28.7 Å². The van der Waals surface area contributed by atoms with E-state index in [1.807, 2.05) is 24.3 Å². The maximum atomic E-state index is 11.9. The molecule has 1 saturated heterocycles. The second kappa shape index (κ2) is 9.50. The molecule has 160 valence electrons. The average Bonchev–Trinajstić information content (AvgIpc) is 3.19. The zero-order valence-electron chi connectivity index (χ0n) is 16.7. The Morgan fingerprint density at radius 1 is 1.29 bits per heavy atom. The van der Waals surface area contributed by atoms with Gasteiger partial charge in [-0.05, 0) is 36.1 Å². The molecule has 1 aliphatic rings. The van der Waals surface area contributed by atoms with Crippen molar-refractivity contribution in [2.45, 2.75) is 32.0 Å². The minimum absolute atomic E-state index is 0.0274. The number of H-pyrrole nitrogens is 1. The third kappa shape index (κ3) is 5.53. The van der Waals surface area contributed by atoms with Crippen LogP contribution in [-0.2, 0) is 20.8 Å². The molecule has 0 saturated carbocycles. The van der Waals surface area contributed by atoms with Gasteiger partial charge in [0.1, 0.15) is 5.82 Å². The first kappa shape index (κ1) is 20.7. The summed E-state index contributed by atoms with van der Waals surface area (Å²) in [6.45, 7) is 0.649. The van der Waals surface area contributed by atoms with Crippen molar-refractivity contribution in [2.24, 2.45) is 0 Å². The van der Waals surface area contributed by atoms with Gasteiger partial charge in [-0.3, -0.25) is 14.9 Å². The van der Waals surface area contributed by atoms with E-state index in [1.165, 1.54) is 18.2 Å². The number of hydrogen-bond acceptors (Lipinski definition) is 6. The number of carbonyl (C=O) groups is 1. The Balaban J connectivity index is 1.32. The third-order valence-electron chi connectivity index (χ3n) is 4.93. The topological polar surface area (TPSA) is 119 Å². The summed E-state index contributed by atoms with van der Waals surface area (Å²) in [6, 6.07) is 12.2. The summed E-state index contributed by atoms with van der Waals surface area (Å²) in [5.74, 6) is 0.370. The number of nitrogens with zero attached hydrogens (tertiary/aromatic N) is 2. The number of nitro groups is 1. The summed E-state index contributed by atoms with van der Waals surface area (Å²) in [4.78, 5) is 35.2. The number of rotatable bonds is 7. The summed E-state index contributed by atoms with van der Waals surface area (Å²) >= 11 is 0. The van der Waals surface area contributed by atoms with Crippen molar-refractivity contribution < 1.29 is 19.3 Å². The first-order chi connectivity index (χ1) is 15.1. The normalized spacial score (nSPS) is 16.6. The number of aromatic nitrogens is 2. The van der Waals surface area contributed by atoms with Gasteiger partial charge in [0.25, 0.3) is 11.6 Å². The van der Waals surface area contributed by atoms with Crippen LogP contribution in [-0.4, -0.2) is 33.7 Å². The minimum atomic E-state index is -0.428. The monoisotopic (exact) mass is 422 g/mol. The molecule has 1 atom stereocenters. The van der Waals surface area contributed by atoms with Crippen LogP contribution in [0.1, 0.15) is 36.2 Å². The van der Waals surface area contributed by atoms with Gasteiger partial charge in [0.2, 0.25) is 0 Å². The van der Waals surface area contributed by atoms with Gasteiger partial charge < -0.3 is 9.72 Å². The van der Waals surface area contributed by atoms with Gasteiger partial charge in [0, 0.05) is 37.7 Å². The van der Waals surface area contributed by atoms with Crippen LogP contribution in [0.5, 0.6) is 0 Å². The molecule has 1 aromatic heterocycles. The zero-order chi connectivity index (χ0) is 21.6. The molecule has 2 N–H and O–H groups in total. The second-order valence-electron chi connectivity index (χ2n) is 7.27. The highest BCUT2D eigenvalue weighted by atomic mass is 16.8. The number of fused-ring (bicyclic) bond motifs is 1. The lowest BCUT2D eigenvalue weighted by Gasteiger charge is -2.21. The van der Waals surface area contributed by atoms with E-state index < -0.39 is 4.92 Å². The van der Waals surface area contributed by atoms with Gasteiger partial charge in [-0.2, -0.15) is 0 Å². The molecular weight excluding hydrogens is 400 g/mol. The molecule has 0 radical (unpaired) electrons. The fourth-order valence-electron chi connectivity index (χ4n) is 3.32. The summed E-state index contributed by atoms with van der Waals surface area (Å²) in [7, 11) is 0. The fraction of sp³-hybridized carbons (Fsp3) is 0.273. The van der Waals surface area contributed by atoms with E-state index in [1.54, 1.807) is 12.1 Å². The first-order valence-electron chi connectivity index (χ1n) is 10.0. The fourth-order valence-corrected chi connectivity index (χ4v) is 3.32. The van der Waals surface area contributed by atoms with E-state index in [4.69, 9.17) is 9.57 Å². The quantitative estimate of drug-likeness (QED) is 0.341. The minimum Gasteiger partial charge on any atom is -0.350 e. The molecule has 2 heterocycles. The summed E-state index contributed by atoms with van der Waals surface area (Å²) in [6.07, 6.45) is 6.10. The Bertz CT molecular complexity index is 1100. The number of benzene rings is 2. The van der Waals surface area contributed by atoms with E-state index in [2.05, 4.69) is 15.4 Å². The summed E-state index contributed by atoms with van der Waals surface area (Å²) in [5.41, 5.74) is 5.62. The van der Waals surface area contributed by atoms with Crippen LogP contribution >= 0.6 is 0 Å². The highest BCUT2D eigenvalue weighted by molar-refractivity contribution is 5.90.